The van der Waals surface area contributed by atoms with Crippen molar-refractivity contribution in [2.45, 2.75) is 38.6 Å². The molecule has 1 N–H and O–H groups in total. The highest BCUT2D eigenvalue weighted by Crippen LogP contribution is 2.31. The summed E-state index contributed by atoms with van der Waals surface area (Å²) in [5.74, 6) is 1.64. The summed E-state index contributed by atoms with van der Waals surface area (Å²) >= 11 is 7.57. The van der Waals surface area contributed by atoms with E-state index in [0.29, 0.717) is 11.3 Å². The fraction of sp³-hybridized carbons (Fsp3) is 0.538. The van der Waals surface area contributed by atoms with Crippen molar-refractivity contribution in [1.82, 2.24) is 9.97 Å². The fourth-order valence-corrected chi connectivity index (χ4v) is 3.71. The molecule has 1 fully saturated rings. The highest BCUT2D eigenvalue weighted by atomic mass is 35.5. The predicted molar refractivity (Wildman–Crippen MR) is 77.5 cm³/mol. The van der Waals surface area contributed by atoms with E-state index < -0.39 is 0 Å². The maximum atomic E-state index is 5.97. The van der Waals surface area contributed by atoms with E-state index in [9.17, 15) is 0 Å². The molecule has 0 radical (unpaired) electrons. The molecule has 0 bridgehead atoms. The Kier molecular flexibility index (Phi) is 3.39. The molecule has 0 saturated heterocycles. The maximum absolute atomic E-state index is 5.97. The van der Waals surface area contributed by atoms with Crippen LogP contribution in [0.1, 0.15) is 32.6 Å². The average molecular weight is 282 g/mol. The largest absolute Gasteiger partial charge is 0.367 e. The first-order chi connectivity index (χ1) is 8.74. The lowest BCUT2D eigenvalue weighted by atomic mass is 10.00. The number of anilines is 1. The van der Waals surface area contributed by atoms with Gasteiger partial charge in [-0.1, -0.05) is 12.8 Å². The molecule has 0 aromatic carbocycles. The van der Waals surface area contributed by atoms with Crippen LogP contribution < -0.4 is 5.32 Å². The van der Waals surface area contributed by atoms with E-state index in [1.807, 2.05) is 5.38 Å². The van der Waals surface area contributed by atoms with Crippen LogP contribution in [0.2, 0.25) is 5.28 Å². The fourth-order valence-electron chi connectivity index (χ4n) is 2.73. The molecule has 3 rings (SSSR count). The number of hydrogen-bond acceptors (Lipinski definition) is 4. The molecule has 1 aliphatic rings. The van der Waals surface area contributed by atoms with Crippen LogP contribution in [-0.2, 0) is 0 Å². The molecule has 96 valence electrons. The molecule has 1 atom stereocenters. The highest BCUT2D eigenvalue weighted by molar-refractivity contribution is 7.16. The molecule has 1 aliphatic carbocycles. The first kappa shape index (κ1) is 12.2. The number of fused-ring (bicyclic) bond motifs is 1. The smallest absolute Gasteiger partial charge is 0.225 e. The molecule has 2 heterocycles. The van der Waals surface area contributed by atoms with Gasteiger partial charge in [0.25, 0.3) is 0 Å². The van der Waals surface area contributed by atoms with Crippen molar-refractivity contribution >= 4 is 39.0 Å². The van der Waals surface area contributed by atoms with Crippen molar-refractivity contribution in [1.29, 1.82) is 0 Å². The Morgan fingerprint density at radius 2 is 2.17 bits per heavy atom. The standard InChI is InChI=1S/C13H16ClN3S/c1-8(9-4-2-3-5-9)15-11-10-6-7-18-12(10)17-13(14)16-11/h6-9H,2-5H2,1H3,(H,15,16,17). The van der Waals surface area contributed by atoms with Crippen molar-refractivity contribution < 1.29 is 0 Å². The summed E-state index contributed by atoms with van der Waals surface area (Å²) in [7, 11) is 0. The molecule has 5 heteroatoms. The Labute approximate surface area is 116 Å². The third-order valence-corrected chi connectivity index (χ3v) is 4.74. The normalized spacial score (nSPS) is 18.3. The lowest BCUT2D eigenvalue weighted by Gasteiger charge is -2.21. The molecular weight excluding hydrogens is 266 g/mol. The van der Waals surface area contributed by atoms with Crippen molar-refractivity contribution in [3.05, 3.63) is 16.7 Å². The summed E-state index contributed by atoms with van der Waals surface area (Å²) in [6.45, 7) is 2.24. The van der Waals surface area contributed by atoms with Crippen molar-refractivity contribution in [3.8, 4) is 0 Å². The average Bonchev–Trinajstić information content (AvgIpc) is 2.98. The van der Waals surface area contributed by atoms with E-state index in [1.54, 1.807) is 11.3 Å². The third-order valence-electron chi connectivity index (χ3n) is 3.77. The van der Waals surface area contributed by atoms with Gasteiger partial charge in [0.1, 0.15) is 10.6 Å². The van der Waals surface area contributed by atoms with E-state index in [1.165, 1.54) is 25.7 Å². The molecule has 1 saturated carbocycles. The number of halogens is 1. The van der Waals surface area contributed by atoms with Gasteiger partial charge in [-0.05, 0) is 48.7 Å². The zero-order chi connectivity index (χ0) is 12.5. The number of rotatable bonds is 3. The number of nitrogens with zero attached hydrogens (tertiary/aromatic N) is 2. The molecule has 18 heavy (non-hydrogen) atoms. The number of nitrogens with one attached hydrogen (secondary N) is 1. The summed E-state index contributed by atoms with van der Waals surface area (Å²) in [5.41, 5.74) is 0. The Balaban J connectivity index is 1.86. The van der Waals surface area contributed by atoms with Gasteiger partial charge in [0.15, 0.2) is 0 Å². The molecule has 2 aromatic heterocycles. The van der Waals surface area contributed by atoms with Crippen LogP contribution in [0, 0.1) is 5.92 Å². The second kappa shape index (κ2) is 5.02. The molecule has 3 nitrogen and oxygen atoms in total. The topological polar surface area (TPSA) is 37.8 Å². The predicted octanol–water partition coefficient (Wildman–Crippen LogP) is 4.34. The minimum Gasteiger partial charge on any atom is -0.367 e. The van der Waals surface area contributed by atoms with E-state index >= 15 is 0 Å². The Morgan fingerprint density at radius 3 is 2.94 bits per heavy atom. The lowest BCUT2D eigenvalue weighted by molar-refractivity contribution is 0.481. The Morgan fingerprint density at radius 1 is 1.39 bits per heavy atom. The summed E-state index contributed by atoms with van der Waals surface area (Å²) in [6.07, 6.45) is 5.35. The van der Waals surface area contributed by atoms with Gasteiger partial charge >= 0.3 is 0 Å². The van der Waals surface area contributed by atoms with Gasteiger partial charge in [-0.25, -0.2) is 9.97 Å². The van der Waals surface area contributed by atoms with Crippen LogP contribution in [0.3, 0.4) is 0 Å². The first-order valence-corrected chi connectivity index (χ1v) is 7.67. The van der Waals surface area contributed by atoms with Gasteiger partial charge < -0.3 is 5.32 Å². The van der Waals surface area contributed by atoms with Gasteiger partial charge in [-0.3, -0.25) is 0 Å². The van der Waals surface area contributed by atoms with E-state index in [0.717, 1.165) is 22.0 Å². The minimum absolute atomic E-state index is 0.325. The summed E-state index contributed by atoms with van der Waals surface area (Å²) < 4.78 is 0. The van der Waals surface area contributed by atoms with E-state index in [2.05, 4.69) is 28.3 Å². The zero-order valence-corrected chi connectivity index (χ0v) is 11.9. The number of hydrogen-bond donors (Lipinski definition) is 1. The Hall–Kier alpha value is -0.870. The van der Waals surface area contributed by atoms with Crippen molar-refractivity contribution in [2.24, 2.45) is 5.92 Å². The van der Waals surface area contributed by atoms with E-state index in [-0.39, 0.29) is 0 Å². The van der Waals surface area contributed by atoms with Crippen molar-refractivity contribution in [2.75, 3.05) is 5.32 Å². The molecule has 1 unspecified atom stereocenters. The van der Waals surface area contributed by atoms with Gasteiger partial charge in [0, 0.05) is 6.04 Å². The van der Waals surface area contributed by atoms with Gasteiger partial charge in [0.05, 0.1) is 5.39 Å². The summed E-state index contributed by atoms with van der Waals surface area (Å²) in [5, 5.41) is 6.96. The van der Waals surface area contributed by atoms with E-state index in [4.69, 9.17) is 11.6 Å². The molecule has 0 aliphatic heterocycles. The van der Waals surface area contributed by atoms with Crippen molar-refractivity contribution in [3.63, 3.8) is 0 Å². The van der Waals surface area contributed by atoms with Crippen LogP contribution in [0.5, 0.6) is 0 Å². The van der Waals surface area contributed by atoms with Gasteiger partial charge in [0.2, 0.25) is 5.28 Å². The second-order valence-electron chi connectivity index (χ2n) is 4.96. The minimum atomic E-state index is 0.325. The van der Waals surface area contributed by atoms with Crippen LogP contribution in [0.15, 0.2) is 11.4 Å². The number of aromatic nitrogens is 2. The zero-order valence-electron chi connectivity index (χ0n) is 10.3. The first-order valence-electron chi connectivity index (χ1n) is 6.41. The molecule has 0 spiro atoms. The van der Waals surface area contributed by atoms with Crippen LogP contribution in [0.25, 0.3) is 10.2 Å². The molecular formula is C13H16ClN3S. The van der Waals surface area contributed by atoms with Gasteiger partial charge in [-0.2, -0.15) is 0 Å². The van der Waals surface area contributed by atoms with Crippen LogP contribution in [0.4, 0.5) is 5.82 Å². The monoisotopic (exact) mass is 281 g/mol. The second-order valence-corrected chi connectivity index (χ2v) is 6.19. The summed E-state index contributed by atoms with van der Waals surface area (Å²) in [4.78, 5) is 9.52. The van der Waals surface area contributed by atoms with Crippen LogP contribution >= 0.6 is 22.9 Å². The quantitative estimate of drug-likeness (QED) is 0.851. The summed E-state index contributed by atoms with van der Waals surface area (Å²) in [6, 6.07) is 2.50. The lowest BCUT2D eigenvalue weighted by Crippen LogP contribution is -2.24. The molecule has 2 aromatic rings. The number of thiophene rings is 1. The highest BCUT2D eigenvalue weighted by Gasteiger charge is 2.22. The maximum Gasteiger partial charge on any atom is 0.225 e. The van der Waals surface area contributed by atoms with Crippen LogP contribution in [-0.4, -0.2) is 16.0 Å². The van der Waals surface area contributed by atoms with Gasteiger partial charge in [-0.15, -0.1) is 11.3 Å². The SMILES string of the molecule is CC(Nc1nc(Cl)nc2sccc12)C1CCCC1. The molecule has 0 amide bonds. The third kappa shape index (κ3) is 2.31. The Bertz CT molecular complexity index is 548.